The zero-order valence-electron chi connectivity index (χ0n) is 11.5. The summed E-state index contributed by atoms with van der Waals surface area (Å²) < 4.78 is 0. The van der Waals surface area contributed by atoms with Gasteiger partial charge in [0.2, 0.25) is 5.91 Å². The van der Waals surface area contributed by atoms with E-state index in [0.29, 0.717) is 19.4 Å². The molecule has 0 aromatic carbocycles. The molecule has 5 heteroatoms. The number of rotatable bonds is 5. The third-order valence-electron chi connectivity index (χ3n) is 3.66. The number of aliphatic carboxylic acids is 1. The van der Waals surface area contributed by atoms with Gasteiger partial charge in [0.1, 0.15) is 5.54 Å². The van der Waals surface area contributed by atoms with Crippen molar-refractivity contribution < 1.29 is 14.7 Å². The predicted molar refractivity (Wildman–Crippen MR) is 69.4 cm³/mol. The SMILES string of the molecule is CCNC(C)(C)C(=O)NC1(C(=O)O)CCCCC1. The number of hydrogen-bond acceptors (Lipinski definition) is 3. The first kappa shape index (κ1) is 15.0. The van der Waals surface area contributed by atoms with Crippen molar-refractivity contribution in [3.8, 4) is 0 Å². The van der Waals surface area contributed by atoms with Gasteiger partial charge in [0.25, 0.3) is 0 Å². The van der Waals surface area contributed by atoms with Crippen molar-refractivity contribution >= 4 is 11.9 Å². The second-order valence-electron chi connectivity index (χ2n) is 5.56. The van der Waals surface area contributed by atoms with Crippen LogP contribution in [0.25, 0.3) is 0 Å². The van der Waals surface area contributed by atoms with Crippen LogP contribution in [-0.4, -0.2) is 34.6 Å². The average Bonchev–Trinajstić information content (AvgIpc) is 2.29. The normalized spacial score (nSPS) is 19.3. The molecule has 0 aromatic heterocycles. The molecule has 1 aliphatic carbocycles. The molecule has 0 aliphatic heterocycles. The molecule has 1 saturated carbocycles. The standard InChI is InChI=1S/C13H24N2O3/c1-4-14-12(2,3)10(16)15-13(11(17)18)8-6-5-7-9-13/h14H,4-9H2,1-3H3,(H,15,16)(H,17,18). The molecule has 0 aromatic rings. The Labute approximate surface area is 108 Å². The third kappa shape index (κ3) is 3.22. The first-order valence-electron chi connectivity index (χ1n) is 6.65. The van der Waals surface area contributed by atoms with Gasteiger partial charge in [-0.25, -0.2) is 4.79 Å². The van der Waals surface area contributed by atoms with Crippen LogP contribution >= 0.6 is 0 Å². The number of carbonyl (C=O) groups is 2. The molecule has 1 fully saturated rings. The van der Waals surface area contributed by atoms with Gasteiger partial charge in [-0.1, -0.05) is 26.2 Å². The summed E-state index contributed by atoms with van der Waals surface area (Å²) in [7, 11) is 0. The van der Waals surface area contributed by atoms with Gasteiger partial charge in [-0.15, -0.1) is 0 Å². The van der Waals surface area contributed by atoms with Crippen molar-refractivity contribution in [2.75, 3.05) is 6.54 Å². The van der Waals surface area contributed by atoms with Crippen molar-refractivity contribution in [3.63, 3.8) is 0 Å². The van der Waals surface area contributed by atoms with Gasteiger partial charge in [0.05, 0.1) is 5.54 Å². The Hall–Kier alpha value is -1.10. The second-order valence-corrected chi connectivity index (χ2v) is 5.56. The lowest BCUT2D eigenvalue weighted by atomic mass is 9.81. The fraction of sp³-hybridized carbons (Fsp3) is 0.846. The van der Waals surface area contributed by atoms with E-state index >= 15 is 0 Å². The van der Waals surface area contributed by atoms with E-state index in [9.17, 15) is 14.7 Å². The molecule has 0 radical (unpaired) electrons. The monoisotopic (exact) mass is 256 g/mol. The summed E-state index contributed by atoms with van der Waals surface area (Å²) in [6.45, 7) is 6.12. The maximum atomic E-state index is 12.2. The number of carbonyl (C=O) groups excluding carboxylic acids is 1. The molecule has 0 unspecified atom stereocenters. The summed E-state index contributed by atoms with van der Waals surface area (Å²) in [6.07, 6.45) is 3.80. The zero-order chi connectivity index (χ0) is 13.8. The highest BCUT2D eigenvalue weighted by atomic mass is 16.4. The second kappa shape index (κ2) is 5.69. The van der Waals surface area contributed by atoms with Gasteiger partial charge in [-0.3, -0.25) is 4.79 Å². The Morgan fingerprint density at radius 2 is 1.78 bits per heavy atom. The van der Waals surface area contributed by atoms with E-state index < -0.39 is 17.0 Å². The molecule has 0 spiro atoms. The fourth-order valence-corrected chi connectivity index (χ4v) is 2.44. The summed E-state index contributed by atoms with van der Waals surface area (Å²) >= 11 is 0. The van der Waals surface area contributed by atoms with Crippen molar-refractivity contribution in [1.82, 2.24) is 10.6 Å². The molecule has 18 heavy (non-hydrogen) atoms. The highest BCUT2D eigenvalue weighted by molar-refractivity contribution is 5.91. The van der Waals surface area contributed by atoms with Gasteiger partial charge >= 0.3 is 5.97 Å². The van der Waals surface area contributed by atoms with E-state index in [1.807, 2.05) is 6.92 Å². The molecule has 1 aliphatic rings. The minimum Gasteiger partial charge on any atom is -0.480 e. The molecule has 0 heterocycles. The van der Waals surface area contributed by atoms with Gasteiger partial charge in [0, 0.05) is 0 Å². The van der Waals surface area contributed by atoms with Crippen molar-refractivity contribution in [3.05, 3.63) is 0 Å². The summed E-state index contributed by atoms with van der Waals surface area (Å²) in [5, 5.41) is 15.2. The number of amides is 1. The highest BCUT2D eigenvalue weighted by Gasteiger charge is 2.43. The van der Waals surface area contributed by atoms with Gasteiger partial charge in [0.15, 0.2) is 0 Å². The number of hydrogen-bond donors (Lipinski definition) is 3. The molecule has 104 valence electrons. The Kier molecular flexibility index (Phi) is 4.73. The van der Waals surface area contributed by atoms with Crippen LogP contribution in [0, 0.1) is 0 Å². The van der Waals surface area contributed by atoms with E-state index in [0.717, 1.165) is 19.3 Å². The first-order chi connectivity index (χ1) is 8.34. The minimum absolute atomic E-state index is 0.242. The molecule has 5 nitrogen and oxygen atoms in total. The average molecular weight is 256 g/mol. The van der Waals surface area contributed by atoms with E-state index in [1.165, 1.54) is 0 Å². The Balaban J connectivity index is 2.78. The molecule has 0 atom stereocenters. The zero-order valence-corrected chi connectivity index (χ0v) is 11.5. The lowest BCUT2D eigenvalue weighted by Crippen LogP contribution is -2.62. The van der Waals surface area contributed by atoms with Gasteiger partial charge in [-0.05, 0) is 33.2 Å². The quantitative estimate of drug-likeness (QED) is 0.692. The first-order valence-corrected chi connectivity index (χ1v) is 6.65. The van der Waals surface area contributed by atoms with Crippen LogP contribution in [0.5, 0.6) is 0 Å². The summed E-state index contributed by atoms with van der Waals surface area (Å²) in [4.78, 5) is 23.7. The molecule has 0 bridgehead atoms. The molecule has 3 N–H and O–H groups in total. The number of nitrogens with one attached hydrogen (secondary N) is 2. The van der Waals surface area contributed by atoms with E-state index in [-0.39, 0.29) is 5.91 Å². The Bertz CT molecular complexity index is 320. The van der Waals surface area contributed by atoms with Crippen LogP contribution in [0.1, 0.15) is 52.9 Å². The highest BCUT2D eigenvalue weighted by Crippen LogP contribution is 2.29. The van der Waals surface area contributed by atoms with Crippen LogP contribution < -0.4 is 10.6 Å². The maximum Gasteiger partial charge on any atom is 0.329 e. The van der Waals surface area contributed by atoms with E-state index in [2.05, 4.69) is 10.6 Å². The topological polar surface area (TPSA) is 78.4 Å². The van der Waals surface area contributed by atoms with Crippen LogP contribution in [0.4, 0.5) is 0 Å². The van der Waals surface area contributed by atoms with Crippen LogP contribution in [-0.2, 0) is 9.59 Å². The minimum atomic E-state index is -1.07. The lowest BCUT2D eigenvalue weighted by Gasteiger charge is -2.37. The van der Waals surface area contributed by atoms with E-state index in [4.69, 9.17) is 0 Å². The van der Waals surface area contributed by atoms with Crippen molar-refractivity contribution in [2.24, 2.45) is 0 Å². The third-order valence-corrected chi connectivity index (χ3v) is 3.66. The van der Waals surface area contributed by atoms with E-state index in [1.54, 1.807) is 13.8 Å². The summed E-state index contributed by atoms with van der Waals surface area (Å²) in [5.74, 6) is -1.16. The predicted octanol–water partition coefficient (Wildman–Crippen LogP) is 1.28. The number of likely N-dealkylation sites (N-methyl/N-ethyl adjacent to an activating group) is 1. The lowest BCUT2D eigenvalue weighted by molar-refractivity contribution is -0.150. The van der Waals surface area contributed by atoms with Crippen molar-refractivity contribution in [1.29, 1.82) is 0 Å². The largest absolute Gasteiger partial charge is 0.480 e. The number of carboxylic acids is 1. The van der Waals surface area contributed by atoms with Crippen LogP contribution in [0.3, 0.4) is 0 Å². The molecular formula is C13H24N2O3. The number of carboxylic acid groups (broad SMARTS) is 1. The van der Waals surface area contributed by atoms with Gasteiger partial charge in [-0.2, -0.15) is 0 Å². The molecule has 1 rings (SSSR count). The maximum absolute atomic E-state index is 12.2. The van der Waals surface area contributed by atoms with Crippen LogP contribution in [0.15, 0.2) is 0 Å². The summed E-state index contributed by atoms with van der Waals surface area (Å²) in [6, 6.07) is 0. The molecule has 0 saturated heterocycles. The summed E-state index contributed by atoms with van der Waals surface area (Å²) in [5.41, 5.74) is -1.81. The van der Waals surface area contributed by atoms with Crippen LogP contribution in [0.2, 0.25) is 0 Å². The Morgan fingerprint density at radius 1 is 1.22 bits per heavy atom. The Morgan fingerprint density at radius 3 is 2.22 bits per heavy atom. The molecular weight excluding hydrogens is 232 g/mol. The molecule has 1 amide bonds. The smallest absolute Gasteiger partial charge is 0.329 e. The van der Waals surface area contributed by atoms with Gasteiger partial charge < -0.3 is 15.7 Å². The van der Waals surface area contributed by atoms with Crippen molar-refractivity contribution in [2.45, 2.75) is 64.0 Å². The fourth-order valence-electron chi connectivity index (χ4n) is 2.44.